The van der Waals surface area contributed by atoms with E-state index in [-0.39, 0.29) is 31.1 Å². The molecule has 0 aromatic rings. The normalized spacial score (nSPS) is 12.1. The molecule has 0 aromatic carbocycles. The van der Waals surface area contributed by atoms with Gasteiger partial charge in [-0.2, -0.15) is 0 Å². The van der Waals surface area contributed by atoms with Gasteiger partial charge in [0.15, 0.2) is 6.10 Å². The van der Waals surface area contributed by atoms with Crippen molar-refractivity contribution in [3.05, 3.63) is 24.3 Å². The average molecular weight is 1060 g/mol. The van der Waals surface area contributed by atoms with E-state index >= 15 is 0 Å². The van der Waals surface area contributed by atoms with Crippen molar-refractivity contribution in [2.75, 3.05) is 13.2 Å². The van der Waals surface area contributed by atoms with E-state index in [1.54, 1.807) is 0 Å². The Morgan fingerprint density at radius 1 is 0.267 bits per heavy atom. The largest absolute Gasteiger partial charge is 0.462 e. The van der Waals surface area contributed by atoms with Gasteiger partial charge in [-0.3, -0.25) is 14.4 Å². The molecule has 6 nitrogen and oxygen atoms in total. The van der Waals surface area contributed by atoms with Crippen LogP contribution in [0.5, 0.6) is 0 Å². The van der Waals surface area contributed by atoms with Gasteiger partial charge < -0.3 is 14.2 Å². The number of hydrogen-bond acceptors (Lipinski definition) is 6. The Morgan fingerprint density at radius 2 is 0.480 bits per heavy atom. The second-order valence-electron chi connectivity index (χ2n) is 23.1. The van der Waals surface area contributed by atoms with E-state index in [0.29, 0.717) is 19.3 Å². The van der Waals surface area contributed by atoms with Crippen LogP contribution >= 0.6 is 0 Å². The van der Waals surface area contributed by atoms with Crippen molar-refractivity contribution in [2.24, 2.45) is 0 Å². The molecule has 0 N–H and O–H groups in total. The Bertz CT molecular complexity index is 1210. The number of ether oxygens (including phenoxy) is 3. The van der Waals surface area contributed by atoms with E-state index in [4.69, 9.17) is 14.2 Å². The standard InChI is InChI=1S/C69H130O6/c1-4-7-10-13-16-19-22-25-27-29-31-33-34-36-37-39-41-44-47-50-53-56-59-62-68(71)74-65-66(64-73-67(70)61-58-55-52-49-46-43-24-21-18-15-12-9-6-3)75-69(72)63-60-57-54-51-48-45-42-40-38-35-32-30-28-26-23-20-17-14-11-8-5-2/h22,25,29,31,66H,4-21,23-24,26-28,30,32-65H2,1-3H3/b25-22-,31-29-. The van der Waals surface area contributed by atoms with Gasteiger partial charge in [0.2, 0.25) is 0 Å². The molecule has 0 radical (unpaired) electrons. The molecule has 0 fully saturated rings. The molecule has 0 saturated heterocycles. The summed E-state index contributed by atoms with van der Waals surface area (Å²) in [6.07, 6.45) is 77.6. The van der Waals surface area contributed by atoms with Crippen LogP contribution in [-0.4, -0.2) is 37.2 Å². The average Bonchev–Trinajstić information content (AvgIpc) is 3.41. The maximum absolute atomic E-state index is 12.9. The van der Waals surface area contributed by atoms with Crippen molar-refractivity contribution >= 4 is 17.9 Å². The number of rotatable bonds is 63. The van der Waals surface area contributed by atoms with Crippen molar-refractivity contribution < 1.29 is 28.6 Å². The zero-order valence-corrected chi connectivity index (χ0v) is 50.8. The first kappa shape index (κ1) is 72.9. The quantitative estimate of drug-likeness (QED) is 0.0261. The van der Waals surface area contributed by atoms with Crippen LogP contribution < -0.4 is 0 Å². The number of hydrogen-bond donors (Lipinski definition) is 0. The minimum atomic E-state index is -0.768. The molecule has 75 heavy (non-hydrogen) atoms. The fourth-order valence-electron chi connectivity index (χ4n) is 10.4. The molecular weight excluding hydrogens is 925 g/mol. The third-order valence-corrected chi connectivity index (χ3v) is 15.5. The van der Waals surface area contributed by atoms with Crippen LogP contribution in [0.25, 0.3) is 0 Å². The lowest BCUT2D eigenvalue weighted by Crippen LogP contribution is -2.30. The van der Waals surface area contributed by atoms with Gasteiger partial charge in [-0.25, -0.2) is 0 Å². The van der Waals surface area contributed by atoms with Crippen molar-refractivity contribution in [3.63, 3.8) is 0 Å². The first-order valence-corrected chi connectivity index (χ1v) is 33.8. The van der Waals surface area contributed by atoms with Crippen molar-refractivity contribution in [3.8, 4) is 0 Å². The summed E-state index contributed by atoms with van der Waals surface area (Å²) < 4.78 is 17.0. The van der Waals surface area contributed by atoms with Gasteiger partial charge in [-0.05, 0) is 51.4 Å². The van der Waals surface area contributed by atoms with Gasteiger partial charge >= 0.3 is 17.9 Å². The number of carbonyl (C=O) groups is 3. The maximum atomic E-state index is 12.9. The lowest BCUT2D eigenvalue weighted by Gasteiger charge is -2.18. The van der Waals surface area contributed by atoms with Crippen LogP contribution in [0.15, 0.2) is 24.3 Å². The lowest BCUT2D eigenvalue weighted by molar-refractivity contribution is -0.167. The smallest absolute Gasteiger partial charge is 0.306 e. The molecule has 0 aliphatic carbocycles. The van der Waals surface area contributed by atoms with Crippen LogP contribution in [0.4, 0.5) is 0 Å². The SMILES string of the molecule is CCCCCCC/C=C\C/C=C\CCCCCCCCCCCCCC(=O)OCC(COC(=O)CCCCCCCCCCCCCCC)OC(=O)CCCCCCCCCCCCCCCCCCCCCCC. The van der Waals surface area contributed by atoms with Gasteiger partial charge in [-0.15, -0.1) is 0 Å². The molecule has 0 rings (SSSR count). The molecule has 0 aliphatic rings. The molecule has 1 unspecified atom stereocenters. The maximum Gasteiger partial charge on any atom is 0.306 e. The van der Waals surface area contributed by atoms with Crippen LogP contribution in [-0.2, 0) is 28.6 Å². The molecule has 0 saturated carbocycles. The van der Waals surface area contributed by atoms with E-state index in [1.165, 1.54) is 276 Å². The second-order valence-corrected chi connectivity index (χ2v) is 23.1. The van der Waals surface area contributed by atoms with Crippen molar-refractivity contribution in [1.82, 2.24) is 0 Å². The number of unbranched alkanes of at least 4 members (excludes halogenated alkanes) is 48. The van der Waals surface area contributed by atoms with E-state index in [1.807, 2.05) is 0 Å². The highest BCUT2D eigenvalue weighted by molar-refractivity contribution is 5.71. The van der Waals surface area contributed by atoms with Gasteiger partial charge in [-0.1, -0.05) is 334 Å². The van der Waals surface area contributed by atoms with Crippen LogP contribution in [0.2, 0.25) is 0 Å². The third-order valence-electron chi connectivity index (χ3n) is 15.5. The Morgan fingerprint density at radius 3 is 0.733 bits per heavy atom. The third kappa shape index (κ3) is 62.6. The summed E-state index contributed by atoms with van der Waals surface area (Å²) in [5.41, 5.74) is 0. The predicted molar refractivity (Wildman–Crippen MR) is 326 cm³/mol. The van der Waals surface area contributed by atoms with Crippen molar-refractivity contribution in [1.29, 1.82) is 0 Å². The molecule has 0 aliphatic heterocycles. The highest BCUT2D eigenvalue weighted by Crippen LogP contribution is 2.18. The molecule has 0 spiro atoms. The second kappa shape index (κ2) is 64.4. The molecule has 0 bridgehead atoms. The highest BCUT2D eigenvalue weighted by Gasteiger charge is 2.19. The summed E-state index contributed by atoms with van der Waals surface area (Å²) in [6, 6.07) is 0. The monoisotopic (exact) mass is 1050 g/mol. The van der Waals surface area contributed by atoms with Crippen LogP contribution in [0, 0.1) is 0 Å². The van der Waals surface area contributed by atoms with Crippen LogP contribution in [0.1, 0.15) is 380 Å². The molecule has 442 valence electrons. The first-order valence-electron chi connectivity index (χ1n) is 33.8. The Labute approximate surface area is 468 Å². The van der Waals surface area contributed by atoms with E-state index in [2.05, 4.69) is 45.1 Å². The minimum Gasteiger partial charge on any atom is -0.462 e. The van der Waals surface area contributed by atoms with Gasteiger partial charge in [0.05, 0.1) is 0 Å². The summed E-state index contributed by atoms with van der Waals surface area (Å²) in [7, 11) is 0. The fraction of sp³-hybridized carbons (Fsp3) is 0.899. The number of allylic oxidation sites excluding steroid dienone is 4. The lowest BCUT2D eigenvalue weighted by atomic mass is 10.0. The fourth-order valence-corrected chi connectivity index (χ4v) is 10.4. The zero-order chi connectivity index (χ0) is 54.3. The van der Waals surface area contributed by atoms with Gasteiger partial charge in [0, 0.05) is 19.3 Å². The summed E-state index contributed by atoms with van der Waals surface area (Å²) in [6.45, 7) is 6.70. The van der Waals surface area contributed by atoms with E-state index in [9.17, 15) is 14.4 Å². The van der Waals surface area contributed by atoms with Crippen LogP contribution in [0.3, 0.4) is 0 Å². The molecular formula is C69H130O6. The Kier molecular flexibility index (Phi) is 62.6. The molecule has 6 heteroatoms. The molecule has 0 aromatic heterocycles. The summed E-state index contributed by atoms with van der Waals surface area (Å²) >= 11 is 0. The molecule has 0 amide bonds. The Balaban J connectivity index is 4.25. The predicted octanol–water partition coefficient (Wildman–Crippen LogP) is 23.0. The van der Waals surface area contributed by atoms with E-state index < -0.39 is 6.10 Å². The Hall–Kier alpha value is -2.11. The summed E-state index contributed by atoms with van der Waals surface area (Å²) in [4.78, 5) is 38.4. The first-order chi connectivity index (χ1) is 37.0. The topological polar surface area (TPSA) is 78.9 Å². The highest BCUT2D eigenvalue weighted by atomic mass is 16.6. The summed E-state index contributed by atoms with van der Waals surface area (Å²) in [5, 5.41) is 0. The molecule has 0 heterocycles. The van der Waals surface area contributed by atoms with Gasteiger partial charge in [0.25, 0.3) is 0 Å². The van der Waals surface area contributed by atoms with Crippen molar-refractivity contribution in [2.45, 2.75) is 386 Å². The summed E-state index contributed by atoms with van der Waals surface area (Å²) in [5.74, 6) is -0.836. The minimum absolute atomic E-state index is 0.0651. The number of carbonyl (C=O) groups excluding carboxylic acids is 3. The molecule has 1 atom stereocenters. The zero-order valence-electron chi connectivity index (χ0n) is 50.8. The van der Waals surface area contributed by atoms with E-state index in [0.717, 1.165) is 64.2 Å². The van der Waals surface area contributed by atoms with Gasteiger partial charge in [0.1, 0.15) is 13.2 Å². The number of esters is 3.